The number of ether oxygens (including phenoxy) is 1. The van der Waals surface area contributed by atoms with Crippen LogP contribution in [0.1, 0.15) is 72.6 Å². The summed E-state index contributed by atoms with van der Waals surface area (Å²) in [6.07, 6.45) is 5.91. The zero-order valence-electron chi connectivity index (χ0n) is 19.6. The minimum Gasteiger partial charge on any atom is -0.476 e. The fraction of sp³-hybridized carbons (Fsp3) is 0.800. The standard InChI is InChI=1S/C25H36O5S2/c1-14(2)30-22(31)32-13-20(28)25(29)10-8-18-17-6-5-15-11-16(26)7-9-23(15,3)21(17)19(27)12-24(18,25)4/h11,14,17-19,21,27,29H,5-10,12-13H2,1-4H3/t17-,18-,19-,21+,23-,24-,25-/m0/s1. The van der Waals surface area contributed by atoms with Crippen molar-refractivity contribution < 1.29 is 24.5 Å². The van der Waals surface area contributed by atoms with Crippen LogP contribution in [0, 0.1) is 28.6 Å². The van der Waals surface area contributed by atoms with Crippen LogP contribution in [-0.2, 0) is 14.3 Å². The summed E-state index contributed by atoms with van der Waals surface area (Å²) in [6.45, 7) is 8.00. The van der Waals surface area contributed by atoms with Gasteiger partial charge in [-0.25, -0.2) is 0 Å². The fourth-order valence-corrected chi connectivity index (χ4v) is 8.74. The van der Waals surface area contributed by atoms with Crippen molar-refractivity contribution in [3.8, 4) is 0 Å². The van der Waals surface area contributed by atoms with Gasteiger partial charge in [-0.1, -0.05) is 31.2 Å². The highest BCUT2D eigenvalue weighted by atomic mass is 32.2. The van der Waals surface area contributed by atoms with E-state index in [1.165, 1.54) is 17.3 Å². The lowest BCUT2D eigenvalue weighted by Gasteiger charge is -2.60. The second-order valence-electron chi connectivity index (χ2n) is 11.1. The maximum atomic E-state index is 13.3. The van der Waals surface area contributed by atoms with Gasteiger partial charge in [0, 0.05) is 11.8 Å². The maximum Gasteiger partial charge on any atom is 0.220 e. The van der Waals surface area contributed by atoms with Gasteiger partial charge in [0.15, 0.2) is 11.6 Å². The normalized spacial score (nSPS) is 43.2. The van der Waals surface area contributed by atoms with Gasteiger partial charge < -0.3 is 14.9 Å². The molecule has 0 aromatic carbocycles. The molecule has 7 atom stereocenters. The van der Waals surface area contributed by atoms with Crippen molar-refractivity contribution in [1.29, 1.82) is 0 Å². The van der Waals surface area contributed by atoms with Crippen LogP contribution in [0.2, 0.25) is 0 Å². The van der Waals surface area contributed by atoms with Gasteiger partial charge in [0.05, 0.1) is 18.0 Å². The first kappa shape index (κ1) is 24.4. The van der Waals surface area contributed by atoms with Gasteiger partial charge in [0.2, 0.25) is 4.38 Å². The Morgan fingerprint density at radius 2 is 2.00 bits per heavy atom. The van der Waals surface area contributed by atoms with Crippen LogP contribution in [0.15, 0.2) is 11.6 Å². The average molecular weight is 481 g/mol. The molecule has 0 saturated heterocycles. The number of hydrogen-bond donors (Lipinski definition) is 2. The lowest BCUT2D eigenvalue weighted by Crippen LogP contribution is -2.62. The molecule has 4 rings (SSSR count). The van der Waals surface area contributed by atoms with E-state index in [2.05, 4.69) is 6.92 Å². The molecule has 2 N–H and O–H groups in total. The van der Waals surface area contributed by atoms with E-state index in [9.17, 15) is 19.8 Å². The number of thiocarbonyl (C=S) groups is 1. The number of rotatable bonds is 4. The highest BCUT2D eigenvalue weighted by molar-refractivity contribution is 8.23. The van der Waals surface area contributed by atoms with Crippen LogP contribution in [0.25, 0.3) is 0 Å². The number of Topliss-reactive ketones (excluding diaryl/α,β-unsaturated/α-hetero) is 1. The molecular formula is C25H36O5S2. The SMILES string of the molecule is CC(C)OC(=S)SCC(=O)[C@@]1(O)CC[C@H]2[C@@H]3CCC4=CC(=O)CC[C@]4(C)[C@H]3[C@@H](O)C[C@@]21C. The minimum absolute atomic E-state index is 0.0475. The summed E-state index contributed by atoms with van der Waals surface area (Å²) in [5.74, 6) is 0.583. The second kappa shape index (κ2) is 8.47. The van der Waals surface area contributed by atoms with Crippen LogP contribution >= 0.6 is 24.0 Å². The van der Waals surface area contributed by atoms with Crippen molar-refractivity contribution in [2.45, 2.75) is 90.4 Å². The van der Waals surface area contributed by atoms with Crippen molar-refractivity contribution in [2.24, 2.45) is 28.6 Å². The van der Waals surface area contributed by atoms with E-state index in [-0.39, 0.29) is 46.6 Å². The summed E-state index contributed by atoms with van der Waals surface area (Å²) in [7, 11) is 0. The second-order valence-corrected chi connectivity index (χ2v) is 12.7. The molecule has 3 saturated carbocycles. The highest BCUT2D eigenvalue weighted by Crippen LogP contribution is 2.67. The lowest BCUT2D eigenvalue weighted by molar-refractivity contribution is -0.178. The molecular weight excluding hydrogens is 444 g/mol. The predicted octanol–water partition coefficient (Wildman–Crippen LogP) is 4.23. The molecule has 0 aliphatic heterocycles. The van der Waals surface area contributed by atoms with Crippen LogP contribution in [0.4, 0.5) is 0 Å². The zero-order chi connectivity index (χ0) is 23.5. The van der Waals surface area contributed by atoms with Crippen molar-refractivity contribution >= 4 is 39.9 Å². The maximum absolute atomic E-state index is 13.3. The molecule has 0 heterocycles. The smallest absolute Gasteiger partial charge is 0.220 e. The topological polar surface area (TPSA) is 83.8 Å². The van der Waals surface area contributed by atoms with E-state index < -0.39 is 17.1 Å². The number of ketones is 2. The number of allylic oxidation sites excluding steroid dienone is 1. The molecule has 4 aliphatic rings. The molecule has 0 spiro atoms. The fourth-order valence-electron chi connectivity index (χ4n) is 7.62. The van der Waals surface area contributed by atoms with Gasteiger partial charge in [-0.2, -0.15) is 0 Å². The lowest BCUT2D eigenvalue weighted by atomic mass is 9.45. The molecule has 5 nitrogen and oxygen atoms in total. The largest absolute Gasteiger partial charge is 0.476 e. The first-order valence-electron chi connectivity index (χ1n) is 11.9. The Kier molecular flexibility index (Phi) is 6.45. The molecule has 0 aromatic rings. The number of carbonyl (C=O) groups excluding carboxylic acids is 2. The third kappa shape index (κ3) is 3.71. The molecule has 0 radical (unpaired) electrons. The molecule has 0 amide bonds. The first-order chi connectivity index (χ1) is 14.9. The molecule has 0 aromatic heterocycles. The van der Waals surface area contributed by atoms with Crippen LogP contribution in [-0.4, -0.2) is 49.7 Å². The molecule has 7 heteroatoms. The Hall–Kier alpha value is -0.760. The monoisotopic (exact) mass is 480 g/mol. The Morgan fingerprint density at radius 1 is 1.28 bits per heavy atom. The third-order valence-electron chi connectivity index (χ3n) is 9.16. The van der Waals surface area contributed by atoms with Crippen molar-refractivity contribution in [2.75, 3.05) is 5.75 Å². The number of aliphatic hydroxyl groups excluding tert-OH is 1. The summed E-state index contributed by atoms with van der Waals surface area (Å²) in [5.41, 5.74) is -1.09. The van der Waals surface area contributed by atoms with E-state index in [4.69, 9.17) is 17.0 Å². The van der Waals surface area contributed by atoms with Gasteiger partial charge in [-0.15, -0.1) is 0 Å². The van der Waals surface area contributed by atoms with E-state index in [1.807, 2.05) is 26.8 Å². The molecule has 3 fully saturated rings. The van der Waals surface area contributed by atoms with E-state index in [0.717, 1.165) is 25.7 Å². The van der Waals surface area contributed by atoms with Gasteiger partial charge in [0.1, 0.15) is 5.60 Å². The summed E-state index contributed by atoms with van der Waals surface area (Å²) in [5, 5.41) is 23.2. The van der Waals surface area contributed by atoms with Gasteiger partial charge in [-0.3, -0.25) is 9.59 Å². The molecule has 4 aliphatic carbocycles. The van der Waals surface area contributed by atoms with Gasteiger partial charge in [-0.05, 0) is 93.8 Å². The van der Waals surface area contributed by atoms with Crippen LogP contribution in [0.5, 0.6) is 0 Å². The quantitative estimate of drug-likeness (QED) is 0.583. The van der Waals surface area contributed by atoms with E-state index in [1.54, 1.807) is 0 Å². The van der Waals surface area contributed by atoms with Crippen LogP contribution in [0.3, 0.4) is 0 Å². The number of fused-ring (bicyclic) bond motifs is 5. The molecule has 0 bridgehead atoms. The van der Waals surface area contributed by atoms with Crippen LogP contribution < -0.4 is 0 Å². The number of carbonyl (C=O) groups is 2. The Labute approximate surface area is 200 Å². The Balaban J connectivity index is 1.56. The van der Waals surface area contributed by atoms with E-state index >= 15 is 0 Å². The Bertz CT molecular complexity index is 853. The number of thioether (sulfide) groups is 1. The molecule has 178 valence electrons. The van der Waals surface area contributed by atoms with Gasteiger partial charge in [0.25, 0.3) is 0 Å². The number of aliphatic hydroxyl groups is 2. The van der Waals surface area contributed by atoms with Crippen molar-refractivity contribution in [1.82, 2.24) is 0 Å². The van der Waals surface area contributed by atoms with Crippen molar-refractivity contribution in [3.63, 3.8) is 0 Å². The summed E-state index contributed by atoms with van der Waals surface area (Å²) < 4.78 is 5.80. The molecule has 32 heavy (non-hydrogen) atoms. The predicted molar refractivity (Wildman–Crippen MR) is 129 cm³/mol. The minimum atomic E-state index is -1.45. The molecule has 0 unspecified atom stereocenters. The first-order valence-corrected chi connectivity index (χ1v) is 13.3. The number of hydrogen-bond acceptors (Lipinski definition) is 7. The Morgan fingerprint density at radius 3 is 2.69 bits per heavy atom. The van der Waals surface area contributed by atoms with Crippen molar-refractivity contribution in [3.05, 3.63) is 11.6 Å². The summed E-state index contributed by atoms with van der Waals surface area (Å²) >= 11 is 6.38. The third-order valence-corrected chi connectivity index (χ3v) is 10.4. The summed E-state index contributed by atoms with van der Waals surface area (Å²) in [6, 6.07) is 0. The zero-order valence-corrected chi connectivity index (χ0v) is 21.2. The van der Waals surface area contributed by atoms with E-state index in [0.29, 0.717) is 23.6 Å². The summed E-state index contributed by atoms with van der Waals surface area (Å²) in [4.78, 5) is 25.3. The highest BCUT2D eigenvalue weighted by Gasteiger charge is 2.68. The average Bonchev–Trinajstić information content (AvgIpc) is 2.97. The van der Waals surface area contributed by atoms with Gasteiger partial charge >= 0.3 is 0 Å².